The quantitative estimate of drug-likeness (QED) is 0.581. The first-order valence-corrected chi connectivity index (χ1v) is 4.20. The van der Waals surface area contributed by atoms with Crippen LogP contribution in [0.4, 0.5) is 0 Å². The van der Waals surface area contributed by atoms with Gasteiger partial charge in [0.2, 0.25) is 0 Å². The normalized spacial score (nSPS) is 29.7. The van der Waals surface area contributed by atoms with E-state index in [-0.39, 0.29) is 23.9 Å². The number of rotatable bonds is 0. The predicted molar refractivity (Wildman–Crippen MR) is 52.7 cm³/mol. The van der Waals surface area contributed by atoms with Gasteiger partial charge in [-0.05, 0) is 20.9 Å². The van der Waals surface area contributed by atoms with Crippen LogP contribution < -0.4 is 0 Å². The molecule has 1 rings (SSSR count). The summed E-state index contributed by atoms with van der Waals surface area (Å²) in [5.41, 5.74) is 0.0509. The van der Waals surface area contributed by atoms with Crippen molar-refractivity contribution >= 4 is 18.2 Å². The molecule has 0 aromatic carbocycles. The van der Waals surface area contributed by atoms with E-state index in [9.17, 15) is 4.79 Å². The van der Waals surface area contributed by atoms with Gasteiger partial charge >= 0.3 is 0 Å². The fraction of sp³-hybridized carbons (Fsp3) is 0.889. The Kier molecular flexibility index (Phi) is 3.73. The largest absolute Gasteiger partial charge is 0.300 e. The molecule has 3 heteroatoms. The average molecular weight is 192 g/mol. The molecule has 0 bridgehead atoms. The Hall–Kier alpha value is -0.0800. The van der Waals surface area contributed by atoms with Gasteiger partial charge in [-0.25, -0.2) is 0 Å². The Labute approximate surface area is 80.7 Å². The highest BCUT2D eigenvalue weighted by Gasteiger charge is 2.38. The zero-order valence-electron chi connectivity index (χ0n) is 8.26. The van der Waals surface area contributed by atoms with Gasteiger partial charge in [-0.1, -0.05) is 6.92 Å². The maximum Gasteiger partial charge on any atom is 0.138 e. The Morgan fingerprint density at radius 2 is 2.00 bits per heavy atom. The summed E-state index contributed by atoms with van der Waals surface area (Å²) < 4.78 is 0. The van der Waals surface area contributed by atoms with Gasteiger partial charge in [0.25, 0.3) is 0 Å². The topological polar surface area (TPSA) is 20.3 Å². The van der Waals surface area contributed by atoms with Gasteiger partial charge in [0.15, 0.2) is 0 Å². The number of ketones is 1. The summed E-state index contributed by atoms with van der Waals surface area (Å²) in [7, 11) is 2.09. The van der Waals surface area contributed by atoms with Crippen molar-refractivity contribution in [2.24, 2.45) is 5.92 Å². The van der Waals surface area contributed by atoms with Crippen LogP contribution in [0.2, 0.25) is 0 Å². The van der Waals surface area contributed by atoms with Crippen LogP contribution in [0.25, 0.3) is 0 Å². The zero-order valence-corrected chi connectivity index (χ0v) is 9.07. The number of piperidine rings is 1. The molecule has 1 atom stereocenters. The van der Waals surface area contributed by atoms with Crippen LogP contribution in [-0.2, 0) is 4.79 Å². The van der Waals surface area contributed by atoms with Gasteiger partial charge in [-0.3, -0.25) is 4.79 Å². The van der Waals surface area contributed by atoms with Crippen molar-refractivity contribution in [3.63, 3.8) is 0 Å². The molecule has 0 N–H and O–H groups in total. The van der Waals surface area contributed by atoms with Gasteiger partial charge in [0.05, 0.1) is 0 Å². The first kappa shape index (κ1) is 11.9. The van der Waals surface area contributed by atoms with Crippen LogP contribution in [0.5, 0.6) is 0 Å². The number of carbonyl (C=O) groups excluding carboxylic acids is 1. The standard InChI is InChI=1S/C9H17NO.ClH/c1-7-8(11)5-6-10(4)9(7,2)3;/h7H,5-6H2,1-4H3;1H. The Balaban J connectivity index is 0.00000121. The summed E-state index contributed by atoms with van der Waals surface area (Å²) in [5, 5.41) is 0. The number of hydrogen-bond acceptors (Lipinski definition) is 2. The number of carbonyl (C=O) groups is 1. The van der Waals surface area contributed by atoms with Crippen LogP contribution in [0.1, 0.15) is 27.2 Å². The fourth-order valence-electron chi connectivity index (χ4n) is 1.51. The first-order valence-electron chi connectivity index (χ1n) is 4.20. The summed E-state index contributed by atoms with van der Waals surface area (Å²) >= 11 is 0. The van der Waals surface area contributed by atoms with Gasteiger partial charge in [-0.2, -0.15) is 0 Å². The predicted octanol–water partition coefficient (Wildman–Crippen LogP) is 1.73. The maximum atomic E-state index is 11.3. The third kappa shape index (κ3) is 1.80. The minimum absolute atomic E-state index is 0. The average Bonchev–Trinajstić information content (AvgIpc) is 1.95. The molecule has 0 radical (unpaired) electrons. The van der Waals surface area contributed by atoms with E-state index in [1.165, 1.54) is 0 Å². The van der Waals surface area contributed by atoms with Crippen molar-refractivity contribution in [1.29, 1.82) is 0 Å². The highest BCUT2D eigenvalue weighted by Crippen LogP contribution is 2.28. The van der Waals surface area contributed by atoms with Crippen molar-refractivity contribution in [1.82, 2.24) is 4.90 Å². The Morgan fingerprint density at radius 3 is 2.42 bits per heavy atom. The van der Waals surface area contributed by atoms with E-state index in [0.717, 1.165) is 13.0 Å². The molecule has 0 aromatic heterocycles. The summed E-state index contributed by atoms with van der Waals surface area (Å²) in [6.45, 7) is 7.21. The molecule has 12 heavy (non-hydrogen) atoms. The van der Waals surface area contributed by atoms with Crippen molar-refractivity contribution in [3.8, 4) is 0 Å². The van der Waals surface area contributed by atoms with E-state index >= 15 is 0 Å². The summed E-state index contributed by atoms with van der Waals surface area (Å²) in [5.74, 6) is 0.592. The lowest BCUT2D eigenvalue weighted by molar-refractivity contribution is -0.131. The summed E-state index contributed by atoms with van der Waals surface area (Å²) in [6.07, 6.45) is 0.723. The number of halogens is 1. The molecule has 0 spiro atoms. The van der Waals surface area contributed by atoms with Gasteiger partial charge in [0.1, 0.15) is 5.78 Å². The molecule has 72 valence electrons. The van der Waals surface area contributed by atoms with E-state index in [2.05, 4.69) is 25.8 Å². The molecule has 1 saturated heterocycles. The molecular formula is C9H18ClNO. The molecule has 1 unspecified atom stereocenters. The monoisotopic (exact) mass is 191 g/mol. The number of Topliss-reactive ketones (excluding diaryl/α,β-unsaturated/α-hetero) is 1. The molecule has 1 fully saturated rings. The zero-order chi connectivity index (χ0) is 8.65. The highest BCUT2D eigenvalue weighted by molar-refractivity contribution is 5.85. The molecule has 0 aliphatic carbocycles. The first-order chi connectivity index (χ1) is 4.96. The van der Waals surface area contributed by atoms with E-state index < -0.39 is 0 Å². The molecule has 2 nitrogen and oxygen atoms in total. The lowest BCUT2D eigenvalue weighted by atomic mass is 9.80. The number of likely N-dealkylation sites (tertiary alicyclic amines) is 1. The van der Waals surface area contributed by atoms with Crippen LogP contribution in [0.15, 0.2) is 0 Å². The van der Waals surface area contributed by atoms with E-state index in [4.69, 9.17) is 0 Å². The van der Waals surface area contributed by atoms with E-state index in [0.29, 0.717) is 5.78 Å². The van der Waals surface area contributed by atoms with Crippen molar-refractivity contribution in [3.05, 3.63) is 0 Å². The molecule has 1 heterocycles. The van der Waals surface area contributed by atoms with Gasteiger partial charge in [0, 0.05) is 24.4 Å². The second-order valence-corrected chi connectivity index (χ2v) is 4.01. The molecule has 1 aliphatic rings. The molecule has 0 amide bonds. The van der Waals surface area contributed by atoms with Crippen molar-refractivity contribution in [2.75, 3.05) is 13.6 Å². The number of nitrogens with zero attached hydrogens (tertiary/aromatic N) is 1. The fourth-order valence-corrected chi connectivity index (χ4v) is 1.51. The second kappa shape index (κ2) is 3.75. The second-order valence-electron chi connectivity index (χ2n) is 4.01. The van der Waals surface area contributed by atoms with Crippen molar-refractivity contribution in [2.45, 2.75) is 32.7 Å². The summed E-state index contributed by atoms with van der Waals surface area (Å²) in [6, 6.07) is 0. The molecule has 0 aromatic rings. The van der Waals surface area contributed by atoms with Gasteiger partial charge < -0.3 is 4.90 Å². The third-order valence-corrected chi connectivity index (χ3v) is 3.22. The molecule has 0 saturated carbocycles. The summed E-state index contributed by atoms with van der Waals surface area (Å²) in [4.78, 5) is 13.6. The van der Waals surface area contributed by atoms with E-state index in [1.807, 2.05) is 6.92 Å². The van der Waals surface area contributed by atoms with E-state index in [1.54, 1.807) is 0 Å². The lowest BCUT2D eigenvalue weighted by Gasteiger charge is -2.43. The highest BCUT2D eigenvalue weighted by atomic mass is 35.5. The van der Waals surface area contributed by atoms with Crippen LogP contribution >= 0.6 is 12.4 Å². The third-order valence-electron chi connectivity index (χ3n) is 3.22. The van der Waals surface area contributed by atoms with Gasteiger partial charge in [-0.15, -0.1) is 12.4 Å². The smallest absolute Gasteiger partial charge is 0.138 e. The minimum atomic E-state index is 0. The lowest BCUT2D eigenvalue weighted by Crippen LogP contribution is -2.53. The minimum Gasteiger partial charge on any atom is -0.300 e. The Bertz CT molecular complexity index is 179. The Morgan fingerprint density at radius 1 is 1.50 bits per heavy atom. The SMILES string of the molecule is CC1C(=O)CCN(C)C1(C)C.Cl. The molecule has 1 aliphatic heterocycles. The molecular weight excluding hydrogens is 174 g/mol. The van der Waals surface area contributed by atoms with Crippen LogP contribution in [0, 0.1) is 5.92 Å². The van der Waals surface area contributed by atoms with Crippen molar-refractivity contribution < 1.29 is 4.79 Å². The van der Waals surface area contributed by atoms with Crippen LogP contribution in [0.3, 0.4) is 0 Å². The van der Waals surface area contributed by atoms with Crippen LogP contribution in [-0.4, -0.2) is 29.8 Å². The maximum absolute atomic E-state index is 11.3. The number of hydrogen-bond donors (Lipinski definition) is 0.